The largest absolute Gasteiger partial charge is 0.369 e. The molecule has 0 spiro atoms. The van der Waals surface area contributed by atoms with E-state index < -0.39 is 29.8 Å². The van der Waals surface area contributed by atoms with Crippen LogP contribution in [0.1, 0.15) is 12.8 Å². The number of aromatic nitrogens is 6. The lowest BCUT2D eigenvalue weighted by atomic mass is 9.98. The molecule has 16 heteroatoms. The number of fused-ring (bicyclic) bond motifs is 1. The van der Waals surface area contributed by atoms with Crippen molar-refractivity contribution in [1.82, 2.24) is 35.3 Å². The van der Waals surface area contributed by atoms with Crippen molar-refractivity contribution >= 4 is 37.0 Å². The molecule has 0 saturated carbocycles. The van der Waals surface area contributed by atoms with Crippen LogP contribution in [0.3, 0.4) is 0 Å². The third kappa shape index (κ3) is 4.48. The van der Waals surface area contributed by atoms with Gasteiger partial charge < -0.3 is 16.5 Å². The Morgan fingerprint density at radius 3 is 2.50 bits per heavy atom. The van der Waals surface area contributed by atoms with Crippen molar-refractivity contribution in [2.75, 3.05) is 18.8 Å². The summed E-state index contributed by atoms with van der Waals surface area (Å²) < 4.78 is 54.1. The van der Waals surface area contributed by atoms with Gasteiger partial charge in [0, 0.05) is 12.1 Å². The van der Waals surface area contributed by atoms with E-state index >= 15 is 0 Å². The van der Waals surface area contributed by atoms with Crippen LogP contribution in [0.5, 0.6) is 0 Å². The first kappa shape index (κ1) is 23.7. The molecule has 14 nitrogen and oxygen atoms in total. The molecule has 0 radical (unpaired) electrons. The minimum Gasteiger partial charge on any atom is -0.369 e. The quantitative estimate of drug-likeness (QED) is 0.161. The lowest BCUT2D eigenvalue weighted by molar-refractivity contribution is 0.570. The summed E-state index contributed by atoms with van der Waals surface area (Å²) in [5.74, 6) is -0.0178. The average Bonchev–Trinajstić information content (AvgIpc) is 3.44. The van der Waals surface area contributed by atoms with Crippen molar-refractivity contribution in [2.24, 2.45) is 10.9 Å². The molecule has 2 aromatic heterocycles. The molecule has 0 aliphatic rings. The summed E-state index contributed by atoms with van der Waals surface area (Å²) in [4.78, 5) is 5.96. The molecule has 0 unspecified atom stereocenters. The molecule has 0 aliphatic heterocycles. The Labute approximate surface area is 194 Å². The van der Waals surface area contributed by atoms with Gasteiger partial charge in [-0.25, -0.2) is 31.7 Å². The summed E-state index contributed by atoms with van der Waals surface area (Å²) in [6, 6.07) is 7.72. The molecular formula is C18H22N10O4S2. The number of benzene rings is 2. The summed E-state index contributed by atoms with van der Waals surface area (Å²) in [7, 11) is -8.88. The number of anilines is 1. The van der Waals surface area contributed by atoms with Gasteiger partial charge >= 0.3 is 0 Å². The number of nitrogens with one attached hydrogen (secondary N) is 3. The Bertz CT molecular complexity index is 1550. The van der Waals surface area contributed by atoms with Gasteiger partial charge in [0.2, 0.25) is 25.9 Å². The number of tetrazole rings is 1. The SMILES string of the molecule is NCCCCNS(=O)(=O)c1ccc(-c2cccc3[nH]c(N)nc23)c(-c2nn[nH]n2)c1S(N)(=O)=O. The monoisotopic (exact) mass is 506 g/mol. The molecule has 0 saturated heterocycles. The maximum atomic E-state index is 13.1. The minimum absolute atomic E-state index is 0.0642. The number of aromatic amines is 2. The molecule has 4 rings (SSSR count). The first-order valence-corrected chi connectivity index (χ1v) is 13.0. The summed E-state index contributed by atoms with van der Waals surface area (Å²) in [6.07, 6.45) is 1.06. The van der Waals surface area contributed by atoms with Gasteiger partial charge in [-0.1, -0.05) is 18.2 Å². The number of nitrogen functional groups attached to an aromatic ring is 1. The highest BCUT2D eigenvalue weighted by Gasteiger charge is 2.32. The second-order valence-corrected chi connectivity index (χ2v) is 10.5. The number of hydrogen-bond donors (Lipinski definition) is 6. The normalized spacial score (nSPS) is 12.4. The van der Waals surface area contributed by atoms with Crippen LogP contribution in [0.15, 0.2) is 40.1 Å². The minimum atomic E-state index is -4.60. The molecule has 9 N–H and O–H groups in total. The predicted molar refractivity (Wildman–Crippen MR) is 124 cm³/mol. The zero-order valence-electron chi connectivity index (χ0n) is 17.7. The number of hydrogen-bond acceptors (Lipinski definition) is 10. The van der Waals surface area contributed by atoms with Gasteiger partial charge in [-0.3, -0.25) is 0 Å². The van der Waals surface area contributed by atoms with Gasteiger partial charge in [0.05, 0.1) is 16.6 Å². The third-order valence-corrected chi connectivity index (χ3v) is 7.63. The zero-order chi connectivity index (χ0) is 24.5. The second-order valence-electron chi connectivity index (χ2n) is 7.31. The number of primary sulfonamides is 1. The average molecular weight is 507 g/mol. The third-order valence-electron chi connectivity index (χ3n) is 5.01. The van der Waals surface area contributed by atoms with E-state index in [0.29, 0.717) is 36.0 Å². The number of nitrogens with zero attached hydrogens (tertiary/aromatic N) is 4. The van der Waals surface area contributed by atoms with E-state index in [-0.39, 0.29) is 29.4 Å². The molecule has 2 heterocycles. The van der Waals surface area contributed by atoms with Crippen LogP contribution in [0.4, 0.5) is 5.95 Å². The van der Waals surface area contributed by atoms with Crippen molar-refractivity contribution < 1.29 is 16.8 Å². The number of sulfonamides is 2. The van der Waals surface area contributed by atoms with Gasteiger partial charge in [-0.05, 0) is 42.3 Å². The lowest BCUT2D eigenvalue weighted by Gasteiger charge is -2.16. The summed E-state index contributed by atoms with van der Waals surface area (Å²) in [5.41, 5.74) is 12.8. The van der Waals surface area contributed by atoms with Gasteiger partial charge in [-0.2, -0.15) is 5.21 Å². The Morgan fingerprint density at radius 2 is 1.82 bits per heavy atom. The van der Waals surface area contributed by atoms with Crippen LogP contribution in [0.2, 0.25) is 0 Å². The summed E-state index contributed by atoms with van der Waals surface area (Å²) >= 11 is 0. The fraction of sp³-hybridized carbons (Fsp3) is 0.222. The summed E-state index contributed by atoms with van der Waals surface area (Å²) in [6.45, 7) is 0.457. The van der Waals surface area contributed by atoms with Crippen molar-refractivity contribution in [3.05, 3.63) is 30.3 Å². The lowest BCUT2D eigenvalue weighted by Crippen LogP contribution is -2.28. The summed E-state index contributed by atoms with van der Waals surface area (Å²) in [5, 5.41) is 19.1. The number of para-hydroxylation sites is 1. The van der Waals surface area contributed by atoms with Crippen molar-refractivity contribution in [1.29, 1.82) is 0 Å². The first-order chi connectivity index (χ1) is 16.1. The molecule has 34 heavy (non-hydrogen) atoms. The number of rotatable bonds is 9. The van der Waals surface area contributed by atoms with Crippen LogP contribution in [-0.4, -0.2) is 60.5 Å². The van der Waals surface area contributed by atoms with E-state index in [4.69, 9.17) is 16.6 Å². The molecule has 0 bridgehead atoms. The fourth-order valence-corrected chi connectivity index (χ4v) is 6.27. The molecule has 4 aromatic rings. The van der Waals surface area contributed by atoms with E-state index in [0.717, 1.165) is 0 Å². The highest BCUT2D eigenvalue weighted by molar-refractivity contribution is 7.92. The van der Waals surface area contributed by atoms with Gasteiger partial charge in [0.1, 0.15) is 9.79 Å². The van der Waals surface area contributed by atoms with Crippen LogP contribution >= 0.6 is 0 Å². The standard InChI is InChI=1S/C18H22N10O4S2/c19-8-1-2-9-22-34(31,32)13-7-6-10(11-4-3-5-12-15(11)24-18(20)23-12)14(16(13)33(21,29)30)17-25-27-28-26-17/h3-7,22H,1-2,8-9,19H2,(H3,20,23,24)(H2,21,29,30)(H,25,26,27,28). The van der Waals surface area contributed by atoms with Crippen molar-refractivity contribution in [3.63, 3.8) is 0 Å². The van der Waals surface area contributed by atoms with E-state index in [1.807, 2.05) is 0 Å². The first-order valence-electron chi connectivity index (χ1n) is 10.0. The number of nitrogens with two attached hydrogens (primary N) is 3. The van der Waals surface area contributed by atoms with Gasteiger partial charge in [-0.15, -0.1) is 10.2 Å². The Balaban J connectivity index is 2.02. The Hall–Kier alpha value is -3.44. The Morgan fingerprint density at radius 1 is 1.03 bits per heavy atom. The fourth-order valence-electron chi connectivity index (χ4n) is 3.59. The van der Waals surface area contributed by atoms with E-state index in [2.05, 4.69) is 35.3 Å². The van der Waals surface area contributed by atoms with E-state index in [1.54, 1.807) is 18.2 Å². The molecule has 0 aliphatic carbocycles. The van der Waals surface area contributed by atoms with Crippen molar-refractivity contribution in [3.8, 4) is 22.5 Å². The number of unbranched alkanes of at least 4 members (excludes halogenated alkanes) is 1. The van der Waals surface area contributed by atoms with Gasteiger partial charge in [0.25, 0.3) is 0 Å². The molecule has 180 valence electrons. The van der Waals surface area contributed by atoms with Crippen molar-refractivity contribution in [2.45, 2.75) is 22.6 Å². The van der Waals surface area contributed by atoms with Crippen LogP contribution < -0.4 is 21.3 Å². The molecule has 0 atom stereocenters. The molecule has 0 amide bonds. The molecule has 0 fully saturated rings. The highest BCUT2D eigenvalue weighted by atomic mass is 32.2. The molecular weight excluding hydrogens is 484 g/mol. The second kappa shape index (κ2) is 9.07. The van der Waals surface area contributed by atoms with E-state index in [1.165, 1.54) is 12.1 Å². The van der Waals surface area contributed by atoms with Crippen LogP contribution in [0.25, 0.3) is 33.5 Å². The molecule has 2 aromatic carbocycles. The highest BCUT2D eigenvalue weighted by Crippen LogP contribution is 2.40. The number of H-pyrrole nitrogens is 2. The van der Waals surface area contributed by atoms with Gasteiger partial charge in [0.15, 0.2) is 5.95 Å². The van der Waals surface area contributed by atoms with Crippen LogP contribution in [-0.2, 0) is 20.0 Å². The smallest absolute Gasteiger partial charge is 0.241 e. The maximum Gasteiger partial charge on any atom is 0.241 e. The zero-order valence-corrected chi connectivity index (χ0v) is 19.3. The van der Waals surface area contributed by atoms with Crippen LogP contribution in [0, 0.1) is 0 Å². The topological polar surface area (TPSA) is 242 Å². The Kier molecular flexibility index (Phi) is 6.32. The number of imidazole rings is 1. The predicted octanol–water partition coefficient (Wildman–Crippen LogP) is -0.343. The maximum absolute atomic E-state index is 13.1. The van der Waals surface area contributed by atoms with E-state index in [9.17, 15) is 16.8 Å².